The number of benzene rings is 2. The molecule has 146 valence electrons. The zero-order chi connectivity index (χ0) is 20.8. The number of rotatable bonds is 6. The predicted octanol–water partition coefficient (Wildman–Crippen LogP) is 4.65. The highest BCUT2D eigenvalue weighted by Gasteiger charge is 2.16. The van der Waals surface area contributed by atoms with E-state index in [1.807, 2.05) is 12.1 Å². The quantitative estimate of drug-likeness (QED) is 0.420. The van der Waals surface area contributed by atoms with Crippen LogP contribution in [0.3, 0.4) is 0 Å². The fourth-order valence-corrected chi connectivity index (χ4v) is 2.73. The molecule has 6 nitrogen and oxygen atoms in total. The SMILES string of the molecule is CC(=O)c1ccc(NC(=O)/C(=C\c2ccc(Br)cc2)NC(=O)c2ccco2)cc1. The van der Waals surface area contributed by atoms with Crippen LogP contribution in [0.5, 0.6) is 0 Å². The van der Waals surface area contributed by atoms with Gasteiger partial charge in [-0.3, -0.25) is 14.4 Å². The Morgan fingerprint density at radius 3 is 2.24 bits per heavy atom. The number of anilines is 1. The first-order chi connectivity index (χ1) is 13.9. The number of furan rings is 1. The van der Waals surface area contributed by atoms with Crippen molar-refractivity contribution < 1.29 is 18.8 Å². The van der Waals surface area contributed by atoms with Crippen LogP contribution >= 0.6 is 15.9 Å². The van der Waals surface area contributed by atoms with Gasteiger partial charge in [-0.2, -0.15) is 0 Å². The van der Waals surface area contributed by atoms with E-state index in [0.717, 1.165) is 10.0 Å². The van der Waals surface area contributed by atoms with Gasteiger partial charge in [0.05, 0.1) is 6.26 Å². The molecule has 3 rings (SSSR count). The first-order valence-electron chi connectivity index (χ1n) is 8.67. The molecule has 7 heteroatoms. The summed E-state index contributed by atoms with van der Waals surface area (Å²) in [6.07, 6.45) is 2.94. The van der Waals surface area contributed by atoms with Gasteiger partial charge in [-0.1, -0.05) is 28.1 Å². The Balaban J connectivity index is 1.84. The van der Waals surface area contributed by atoms with Crippen molar-refractivity contribution in [1.29, 1.82) is 0 Å². The zero-order valence-electron chi connectivity index (χ0n) is 15.4. The van der Waals surface area contributed by atoms with Gasteiger partial charge >= 0.3 is 0 Å². The molecule has 29 heavy (non-hydrogen) atoms. The number of amides is 2. The Morgan fingerprint density at radius 1 is 0.966 bits per heavy atom. The van der Waals surface area contributed by atoms with Crippen molar-refractivity contribution in [2.45, 2.75) is 6.92 Å². The van der Waals surface area contributed by atoms with Crippen LogP contribution in [0.15, 0.2) is 81.5 Å². The van der Waals surface area contributed by atoms with Gasteiger partial charge in [0.15, 0.2) is 11.5 Å². The van der Waals surface area contributed by atoms with Crippen LogP contribution in [0.25, 0.3) is 6.08 Å². The van der Waals surface area contributed by atoms with Crippen molar-refractivity contribution in [2.24, 2.45) is 0 Å². The second-order valence-corrected chi connectivity index (χ2v) is 7.04. The fourth-order valence-electron chi connectivity index (χ4n) is 2.46. The van der Waals surface area contributed by atoms with Gasteiger partial charge in [0, 0.05) is 15.7 Å². The Bertz CT molecular complexity index is 1050. The number of nitrogens with one attached hydrogen (secondary N) is 2. The van der Waals surface area contributed by atoms with Crippen molar-refractivity contribution in [3.63, 3.8) is 0 Å². The molecule has 0 bridgehead atoms. The van der Waals surface area contributed by atoms with Crippen LogP contribution in [0.4, 0.5) is 5.69 Å². The molecule has 0 radical (unpaired) electrons. The summed E-state index contributed by atoms with van der Waals surface area (Å²) in [6, 6.07) is 16.9. The molecule has 0 aliphatic rings. The third-order valence-electron chi connectivity index (χ3n) is 3.97. The van der Waals surface area contributed by atoms with Crippen molar-refractivity contribution in [2.75, 3.05) is 5.32 Å². The number of carbonyl (C=O) groups is 3. The van der Waals surface area contributed by atoms with E-state index >= 15 is 0 Å². The lowest BCUT2D eigenvalue weighted by atomic mass is 10.1. The molecular weight excluding hydrogens is 436 g/mol. The number of halogens is 1. The van der Waals surface area contributed by atoms with Crippen molar-refractivity contribution in [1.82, 2.24) is 5.32 Å². The Morgan fingerprint density at radius 2 is 1.66 bits per heavy atom. The van der Waals surface area contributed by atoms with Gasteiger partial charge in [0.2, 0.25) is 0 Å². The minimum absolute atomic E-state index is 0.0457. The van der Waals surface area contributed by atoms with E-state index in [-0.39, 0.29) is 17.2 Å². The van der Waals surface area contributed by atoms with E-state index in [2.05, 4.69) is 26.6 Å². The molecule has 1 heterocycles. The van der Waals surface area contributed by atoms with Crippen molar-refractivity contribution in [3.05, 3.63) is 94.0 Å². The molecule has 1 aromatic heterocycles. The van der Waals surface area contributed by atoms with Gasteiger partial charge < -0.3 is 15.1 Å². The Kier molecular flexibility index (Phi) is 6.41. The highest BCUT2D eigenvalue weighted by molar-refractivity contribution is 9.10. The summed E-state index contributed by atoms with van der Waals surface area (Å²) in [5.41, 5.74) is 1.81. The van der Waals surface area contributed by atoms with Crippen LogP contribution in [-0.2, 0) is 4.79 Å². The molecule has 0 aliphatic carbocycles. The van der Waals surface area contributed by atoms with Crippen molar-refractivity contribution >= 4 is 45.3 Å². The normalized spacial score (nSPS) is 11.0. The zero-order valence-corrected chi connectivity index (χ0v) is 17.0. The first-order valence-corrected chi connectivity index (χ1v) is 9.46. The molecule has 0 fully saturated rings. The lowest BCUT2D eigenvalue weighted by molar-refractivity contribution is -0.113. The molecule has 0 atom stereocenters. The minimum Gasteiger partial charge on any atom is -0.459 e. The van der Waals surface area contributed by atoms with Gasteiger partial charge in [-0.15, -0.1) is 0 Å². The van der Waals surface area contributed by atoms with Crippen LogP contribution in [0.2, 0.25) is 0 Å². The molecule has 2 amide bonds. The first kappa shape index (κ1) is 20.3. The second-order valence-electron chi connectivity index (χ2n) is 6.13. The van der Waals surface area contributed by atoms with Crippen LogP contribution in [0, 0.1) is 0 Å². The second kappa shape index (κ2) is 9.16. The van der Waals surface area contributed by atoms with E-state index < -0.39 is 11.8 Å². The summed E-state index contributed by atoms with van der Waals surface area (Å²) >= 11 is 3.36. The number of Topliss-reactive ketones (excluding diaryl/α,β-unsaturated/α-hetero) is 1. The maximum absolute atomic E-state index is 12.8. The number of hydrogen-bond acceptors (Lipinski definition) is 4. The summed E-state index contributed by atoms with van der Waals surface area (Å²) in [5, 5.41) is 5.30. The fraction of sp³-hybridized carbons (Fsp3) is 0.0455. The third-order valence-corrected chi connectivity index (χ3v) is 4.50. The van der Waals surface area contributed by atoms with Gasteiger partial charge in [0.1, 0.15) is 5.70 Å². The highest BCUT2D eigenvalue weighted by atomic mass is 79.9. The molecule has 2 aromatic carbocycles. The van der Waals surface area contributed by atoms with Crippen LogP contribution < -0.4 is 10.6 Å². The summed E-state index contributed by atoms with van der Waals surface area (Å²) in [6.45, 7) is 1.47. The monoisotopic (exact) mass is 452 g/mol. The standard InChI is InChI=1S/C22H17BrN2O4/c1-14(26)16-6-10-18(11-7-16)24-21(27)19(13-15-4-8-17(23)9-5-15)25-22(28)20-3-2-12-29-20/h2-13H,1H3,(H,24,27)(H,25,28)/b19-13+. The van der Waals surface area contributed by atoms with E-state index in [1.54, 1.807) is 48.5 Å². The highest BCUT2D eigenvalue weighted by Crippen LogP contribution is 2.15. The average molecular weight is 453 g/mol. The van der Waals surface area contributed by atoms with Gasteiger partial charge in [0.25, 0.3) is 11.8 Å². The summed E-state index contributed by atoms with van der Waals surface area (Å²) in [7, 11) is 0. The molecule has 0 aliphatic heterocycles. The van der Waals surface area contributed by atoms with Crippen LogP contribution in [0.1, 0.15) is 33.4 Å². The molecule has 0 saturated heterocycles. The molecule has 3 aromatic rings. The van der Waals surface area contributed by atoms with Gasteiger partial charge in [-0.05, 0) is 67.1 Å². The summed E-state index contributed by atoms with van der Waals surface area (Å²) in [5.74, 6) is -1.03. The number of carbonyl (C=O) groups excluding carboxylic acids is 3. The summed E-state index contributed by atoms with van der Waals surface area (Å²) < 4.78 is 5.98. The van der Waals surface area contributed by atoms with E-state index in [1.165, 1.54) is 19.3 Å². The van der Waals surface area contributed by atoms with Crippen molar-refractivity contribution in [3.8, 4) is 0 Å². The lowest BCUT2D eigenvalue weighted by Gasteiger charge is -2.11. The average Bonchev–Trinajstić information content (AvgIpc) is 3.24. The number of hydrogen-bond donors (Lipinski definition) is 2. The minimum atomic E-state index is -0.541. The largest absolute Gasteiger partial charge is 0.459 e. The molecule has 2 N–H and O–H groups in total. The molecule has 0 unspecified atom stereocenters. The molecule has 0 saturated carbocycles. The van der Waals surface area contributed by atoms with E-state index in [4.69, 9.17) is 4.42 Å². The summed E-state index contributed by atoms with van der Waals surface area (Å²) in [4.78, 5) is 36.6. The Labute approximate surface area is 175 Å². The maximum atomic E-state index is 12.8. The lowest BCUT2D eigenvalue weighted by Crippen LogP contribution is -2.30. The maximum Gasteiger partial charge on any atom is 0.291 e. The van der Waals surface area contributed by atoms with E-state index in [0.29, 0.717) is 11.3 Å². The smallest absolute Gasteiger partial charge is 0.291 e. The molecular formula is C22H17BrN2O4. The Hall–Kier alpha value is -3.45. The van der Waals surface area contributed by atoms with E-state index in [9.17, 15) is 14.4 Å². The molecule has 0 spiro atoms. The van der Waals surface area contributed by atoms with Gasteiger partial charge in [-0.25, -0.2) is 0 Å². The topological polar surface area (TPSA) is 88.4 Å². The predicted molar refractivity (Wildman–Crippen MR) is 113 cm³/mol. The van der Waals surface area contributed by atoms with Crippen LogP contribution in [-0.4, -0.2) is 17.6 Å². The number of ketones is 1. The third kappa shape index (κ3) is 5.52.